The minimum Gasteiger partial charge on any atom is -0.381 e. The number of nitrogens with zero attached hydrogens (tertiary/aromatic N) is 5. The number of nitrogens with one attached hydrogen (secondary N) is 1. The number of aromatic nitrogens is 5. The van der Waals surface area contributed by atoms with Crippen LogP contribution in [0.25, 0.3) is 16.9 Å². The van der Waals surface area contributed by atoms with Crippen molar-refractivity contribution in [1.29, 1.82) is 0 Å². The lowest BCUT2D eigenvalue weighted by Crippen LogP contribution is -2.28. The quantitative estimate of drug-likeness (QED) is 0.500. The van der Waals surface area contributed by atoms with Gasteiger partial charge in [0.2, 0.25) is 5.95 Å². The van der Waals surface area contributed by atoms with Gasteiger partial charge in [-0.25, -0.2) is 9.97 Å². The highest BCUT2D eigenvalue weighted by Gasteiger charge is 2.41. The molecule has 32 heavy (non-hydrogen) atoms. The molecule has 6 rings (SSSR count). The van der Waals surface area contributed by atoms with Crippen molar-refractivity contribution in [2.45, 2.75) is 37.6 Å². The molecule has 0 bridgehead atoms. The van der Waals surface area contributed by atoms with Crippen LogP contribution in [0.3, 0.4) is 0 Å². The smallest absolute Gasteiger partial charge is 0.223 e. The van der Waals surface area contributed by atoms with Crippen LogP contribution >= 0.6 is 0 Å². The molecule has 2 fully saturated rings. The Bertz CT molecular complexity index is 1220. The summed E-state index contributed by atoms with van der Waals surface area (Å²) in [5.74, 6) is 2.85. The molecule has 162 valence electrons. The summed E-state index contributed by atoms with van der Waals surface area (Å²) in [6, 6.07) is 17.2. The van der Waals surface area contributed by atoms with Crippen molar-refractivity contribution in [2.75, 3.05) is 18.5 Å². The van der Waals surface area contributed by atoms with Crippen molar-refractivity contribution in [2.24, 2.45) is 5.92 Å². The lowest BCUT2D eigenvalue weighted by molar-refractivity contribution is 0.0903. The maximum atomic E-state index is 5.43. The first kappa shape index (κ1) is 19.4. The number of fused-ring (bicyclic) bond motifs is 1. The molecule has 7 heteroatoms. The average molecular weight is 427 g/mol. The third-order valence-corrected chi connectivity index (χ3v) is 6.54. The van der Waals surface area contributed by atoms with Gasteiger partial charge in [0.1, 0.15) is 5.82 Å². The summed E-state index contributed by atoms with van der Waals surface area (Å²) in [5.41, 5.74) is 4.16. The van der Waals surface area contributed by atoms with Crippen LogP contribution in [-0.4, -0.2) is 43.8 Å². The van der Waals surface area contributed by atoms with Gasteiger partial charge in [0.05, 0.1) is 5.69 Å². The fraction of sp³-hybridized carbons (Fsp3) is 0.360. The van der Waals surface area contributed by atoms with Crippen LogP contribution in [0.1, 0.15) is 36.6 Å². The topological polar surface area (TPSA) is 77.2 Å². The van der Waals surface area contributed by atoms with Crippen LogP contribution in [0.15, 0.2) is 60.9 Å². The number of anilines is 1. The van der Waals surface area contributed by atoms with Crippen molar-refractivity contribution in [3.05, 3.63) is 72.3 Å². The lowest BCUT2D eigenvalue weighted by atomic mass is 10.1. The number of hydrogen-bond acceptors (Lipinski definition) is 6. The predicted molar refractivity (Wildman–Crippen MR) is 122 cm³/mol. The zero-order valence-corrected chi connectivity index (χ0v) is 17.9. The van der Waals surface area contributed by atoms with Crippen molar-refractivity contribution in [3.8, 4) is 11.3 Å². The number of rotatable bonds is 6. The fourth-order valence-corrected chi connectivity index (χ4v) is 4.64. The van der Waals surface area contributed by atoms with Crippen molar-refractivity contribution in [1.82, 2.24) is 24.6 Å². The van der Waals surface area contributed by atoms with Gasteiger partial charge in [-0.1, -0.05) is 30.3 Å². The molecule has 4 aromatic rings. The SMILES string of the molecule is c1ccc(CC2CC2c2nnc3cc(-c4ccnc(NC5CCOCC5)n4)ccn23)cc1. The minimum absolute atomic E-state index is 0.364. The van der Waals surface area contributed by atoms with E-state index in [0.29, 0.717) is 23.8 Å². The van der Waals surface area contributed by atoms with E-state index in [-0.39, 0.29) is 0 Å². The monoisotopic (exact) mass is 426 g/mol. The Morgan fingerprint density at radius 1 is 1.03 bits per heavy atom. The van der Waals surface area contributed by atoms with E-state index in [1.54, 1.807) is 0 Å². The highest BCUT2D eigenvalue weighted by molar-refractivity contribution is 5.64. The Morgan fingerprint density at radius 2 is 1.91 bits per heavy atom. The van der Waals surface area contributed by atoms with Gasteiger partial charge in [0.25, 0.3) is 0 Å². The third-order valence-electron chi connectivity index (χ3n) is 6.54. The molecule has 0 spiro atoms. The van der Waals surface area contributed by atoms with Gasteiger partial charge >= 0.3 is 0 Å². The van der Waals surface area contributed by atoms with Gasteiger partial charge in [-0.3, -0.25) is 4.40 Å². The van der Waals surface area contributed by atoms with E-state index in [1.165, 1.54) is 12.0 Å². The molecule has 0 radical (unpaired) electrons. The van der Waals surface area contributed by atoms with Crippen LogP contribution in [0, 0.1) is 5.92 Å². The van der Waals surface area contributed by atoms with Crippen molar-refractivity contribution >= 4 is 11.6 Å². The molecule has 1 aliphatic carbocycles. The molecule has 2 atom stereocenters. The van der Waals surface area contributed by atoms with Gasteiger partial charge in [0.15, 0.2) is 5.65 Å². The van der Waals surface area contributed by atoms with Crippen molar-refractivity contribution in [3.63, 3.8) is 0 Å². The molecule has 1 aliphatic heterocycles. The third kappa shape index (κ3) is 3.96. The summed E-state index contributed by atoms with van der Waals surface area (Å²) >= 11 is 0. The van der Waals surface area contributed by atoms with E-state index in [9.17, 15) is 0 Å². The van der Waals surface area contributed by atoms with Crippen LogP contribution in [0.2, 0.25) is 0 Å². The van der Waals surface area contributed by atoms with Crippen LogP contribution in [0.5, 0.6) is 0 Å². The molecule has 1 saturated heterocycles. The van der Waals surface area contributed by atoms with Crippen LogP contribution < -0.4 is 5.32 Å². The zero-order chi connectivity index (χ0) is 21.3. The maximum Gasteiger partial charge on any atom is 0.223 e. The molecule has 3 aromatic heterocycles. The number of benzene rings is 1. The van der Waals surface area contributed by atoms with E-state index in [2.05, 4.69) is 73.6 Å². The molecule has 1 saturated carbocycles. The Hall–Kier alpha value is -3.32. The van der Waals surface area contributed by atoms with Gasteiger partial charge in [-0.05, 0) is 55.4 Å². The molecule has 2 aliphatic rings. The molecular formula is C25H26N6O. The fourth-order valence-electron chi connectivity index (χ4n) is 4.64. The first-order valence-electron chi connectivity index (χ1n) is 11.4. The van der Waals surface area contributed by atoms with E-state index in [4.69, 9.17) is 9.72 Å². The molecular weight excluding hydrogens is 400 g/mol. The summed E-state index contributed by atoms with van der Waals surface area (Å²) in [6.45, 7) is 1.58. The van der Waals surface area contributed by atoms with Crippen molar-refractivity contribution < 1.29 is 4.74 Å². The van der Waals surface area contributed by atoms with Crippen LogP contribution in [0.4, 0.5) is 5.95 Å². The summed E-state index contributed by atoms with van der Waals surface area (Å²) in [4.78, 5) is 9.14. The molecule has 1 N–H and O–H groups in total. The Labute approximate surface area is 186 Å². The number of hydrogen-bond donors (Lipinski definition) is 1. The summed E-state index contributed by atoms with van der Waals surface area (Å²) in [5, 5.41) is 12.4. The largest absolute Gasteiger partial charge is 0.381 e. The summed E-state index contributed by atoms with van der Waals surface area (Å²) < 4.78 is 7.56. The maximum absolute atomic E-state index is 5.43. The minimum atomic E-state index is 0.364. The normalized spacial score (nSPS) is 21.0. The van der Waals surface area contributed by atoms with Gasteiger partial charge in [-0.2, -0.15) is 0 Å². The molecule has 1 aromatic carbocycles. The highest BCUT2D eigenvalue weighted by Crippen LogP contribution is 2.48. The molecule has 7 nitrogen and oxygen atoms in total. The summed E-state index contributed by atoms with van der Waals surface area (Å²) in [7, 11) is 0. The molecule has 0 amide bonds. The summed E-state index contributed by atoms with van der Waals surface area (Å²) in [6.07, 6.45) is 8.11. The number of pyridine rings is 1. The Kier molecular flexibility index (Phi) is 5.03. The zero-order valence-electron chi connectivity index (χ0n) is 17.9. The molecule has 4 heterocycles. The van der Waals surface area contributed by atoms with Gasteiger partial charge in [-0.15, -0.1) is 10.2 Å². The second-order valence-corrected chi connectivity index (χ2v) is 8.79. The van der Waals surface area contributed by atoms with Crippen LogP contribution in [-0.2, 0) is 11.2 Å². The first-order chi connectivity index (χ1) is 15.8. The highest BCUT2D eigenvalue weighted by atomic mass is 16.5. The van der Waals surface area contributed by atoms with E-state index in [1.807, 2.05) is 12.3 Å². The van der Waals surface area contributed by atoms with E-state index in [0.717, 1.165) is 55.2 Å². The molecule has 2 unspecified atom stereocenters. The Balaban J connectivity index is 1.19. The first-order valence-corrected chi connectivity index (χ1v) is 11.4. The predicted octanol–water partition coefficient (Wildman–Crippen LogP) is 4.12. The lowest BCUT2D eigenvalue weighted by Gasteiger charge is -2.23. The number of ether oxygens (including phenoxy) is 1. The van der Waals surface area contributed by atoms with E-state index >= 15 is 0 Å². The second kappa shape index (κ2) is 8.31. The van der Waals surface area contributed by atoms with Gasteiger partial charge < -0.3 is 10.1 Å². The van der Waals surface area contributed by atoms with E-state index < -0.39 is 0 Å². The Morgan fingerprint density at radius 3 is 2.78 bits per heavy atom. The average Bonchev–Trinajstić information content (AvgIpc) is 3.46. The second-order valence-electron chi connectivity index (χ2n) is 8.79. The standard InChI is InChI=1S/C25H26N6O/c1-2-4-17(5-3-1)14-19-15-21(19)24-30-29-23-16-18(7-11-31(23)24)22-6-10-26-25(28-22)27-20-8-12-32-13-9-20/h1-7,10-11,16,19-21H,8-9,12-15H2,(H,26,27,28). The van der Waals surface area contributed by atoms with Gasteiger partial charge in [0, 0.05) is 43.1 Å².